The first-order chi connectivity index (χ1) is 9.93. The van der Waals surface area contributed by atoms with Crippen LogP contribution in [0.5, 0.6) is 5.75 Å². The average Bonchev–Trinajstić information content (AvgIpc) is 2.41. The van der Waals surface area contributed by atoms with E-state index in [1.807, 2.05) is 44.1 Å². The van der Waals surface area contributed by atoms with Gasteiger partial charge in [0, 0.05) is 17.3 Å². The molecule has 1 heterocycles. The van der Waals surface area contributed by atoms with Gasteiger partial charge in [0.15, 0.2) is 11.4 Å². The Bertz CT molecular complexity index is 681. The van der Waals surface area contributed by atoms with Gasteiger partial charge in [0.25, 0.3) is 0 Å². The molecule has 21 heavy (non-hydrogen) atoms. The molecular weight excluding hydrogens is 268 g/mol. The van der Waals surface area contributed by atoms with Crippen molar-refractivity contribution in [1.82, 2.24) is 9.88 Å². The Labute approximate surface area is 124 Å². The Morgan fingerprint density at radius 1 is 1.33 bits per heavy atom. The summed E-state index contributed by atoms with van der Waals surface area (Å²) in [6, 6.07) is 5.68. The average molecular weight is 288 g/mol. The lowest BCUT2D eigenvalue weighted by Crippen LogP contribution is -2.15. The lowest BCUT2D eigenvalue weighted by atomic mass is 10.0. The highest BCUT2D eigenvalue weighted by Gasteiger charge is 2.20. The highest BCUT2D eigenvalue weighted by molar-refractivity contribution is 6.00. The second-order valence-electron chi connectivity index (χ2n) is 5.26. The minimum absolute atomic E-state index is 0.0231. The minimum atomic E-state index is -0.600. The van der Waals surface area contributed by atoms with Crippen LogP contribution >= 0.6 is 0 Å². The van der Waals surface area contributed by atoms with E-state index in [1.165, 1.54) is 0 Å². The number of rotatable bonds is 4. The first-order valence-electron chi connectivity index (χ1n) is 6.88. The molecule has 1 aromatic heterocycles. The molecule has 0 radical (unpaired) electrons. The van der Waals surface area contributed by atoms with Crippen LogP contribution < -0.4 is 0 Å². The Morgan fingerprint density at radius 3 is 2.67 bits per heavy atom. The van der Waals surface area contributed by atoms with E-state index < -0.39 is 5.97 Å². The number of fused-ring (bicyclic) bond motifs is 1. The molecule has 0 spiro atoms. The second kappa shape index (κ2) is 6.10. The summed E-state index contributed by atoms with van der Waals surface area (Å²) in [5, 5.41) is 11.8. The van der Waals surface area contributed by atoms with Gasteiger partial charge in [-0.05, 0) is 34.0 Å². The SMILES string of the molecule is CCOC(=O)c1nc(CN(C)C)c2cc(C)ccc2c1O. The van der Waals surface area contributed by atoms with Crippen molar-refractivity contribution in [2.45, 2.75) is 20.4 Å². The molecular formula is C16H20N2O3. The summed E-state index contributed by atoms with van der Waals surface area (Å²) in [7, 11) is 3.86. The summed E-state index contributed by atoms with van der Waals surface area (Å²) in [5.74, 6) is -0.719. The molecule has 5 nitrogen and oxygen atoms in total. The van der Waals surface area contributed by atoms with Crippen molar-refractivity contribution in [3.8, 4) is 5.75 Å². The van der Waals surface area contributed by atoms with Crippen LogP contribution in [0, 0.1) is 6.92 Å². The largest absolute Gasteiger partial charge is 0.505 e. The van der Waals surface area contributed by atoms with Crippen molar-refractivity contribution in [2.24, 2.45) is 0 Å². The number of aromatic nitrogens is 1. The van der Waals surface area contributed by atoms with E-state index in [9.17, 15) is 9.90 Å². The Balaban J connectivity index is 2.69. The van der Waals surface area contributed by atoms with Gasteiger partial charge in [-0.1, -0.05) is 17.7 Å². The van der Waals surface area contributed by atoms with Gasteiger partial charge in [-0.25, -0.2) is 9.78 Å². The normalized spacial score (nSPS) is 11.1. The number of nitrogens with zero attached hydrogens (tertiary/aromatic N) is 2. The summed E-state index contributed by atoms with van der Waals surface area (Å²) in [5.41, 5.74) is 1.80. The van der Waals surface area contributed by atoms with Gasteiger partial charge in [0.05, 0.1) is 12.3 Å². The molecule has 2 aromatic rings. The molecule has 0 saturated carbocycles. The molecule has 0 bridgehead atoms. The van der Waals surface area contributed by atoms with Crippen LogP contribution in [0.15, 0.2) is 18.2 Å². The minimum Gasteiger partial charge on any atom is -0.505 e. The molecule has 5 heteroatoms. The van der Waals surface area contributed by atoms with Crippen molar-refractivity contribution >= 4 is 16.7 Å². The van der Waals surface area contributed by atoms with E-state index in [2.05, 4.69) is 4.98 Å². The molecule has 0 fully saturated rings. The topological polar surface area (TPSA) is 62.7 Å². The number of aromatic hydroxyl groups is 1. The summed E-state index contributed by atoms with van der Waals surface area (Å²) in [6.07, 6.45) is 0. The highest BCUT2D eigenvalue weighted by atomic mass is 16.5. The molecule has 0 aliphatic heterocycles. The standard InChI is InChI=1S/C16H20N2O3/c1-5-21-16(20)14-15(19)11-7-6-10(2)8-12(11)13(17-14)9-18(3)4/h6-8,19H,5,9H2,1-4H3. The smallest absolute Gasteiger partial charge is 0.360 e. The van der Waals surface area contributed by atoms with Crippen LogP contribution in [0.1, 0.15) is 28.7 Å². The highest BCUT2D eigenvalue weighted by Crippen LogP contribution is 2.31. The number of carbonyl (C=O) groups excluding carboxylic acids is 1. The van der Waals surface area contributed by atoms with Crippen molar-refractivity contribution in [3.05, 3.63) is 35.2 Å². The van der Waals surface area contributed by atoms with E-state index in [0.29, 0.717) is 11.9 Å². The van der Waals surface area contributed by atoms with Gasteiger partial charge in [-0.3, -0.25) is 0 Å². The molecule has 0 saturated heterocycles. The van der Waals surface area contributed by atoms with Gasteiger partial charge in [0.2, 0.25) is 0 Å². The predicted octanol–water partition coefficient (Wildman–Crippen LogP) is 2.49. The van der Waals surface area contributed by atoms with E-state index in [0.717, 1.165) is 16.6 Å². The fourth-order valence-electron chi connectivity index (χ4n) is 2.24. The quantitative estimate of drug-likeness (QED) is 0.876. The van der Waals surface area contributed by atoms with Crippen molar-refractivity contribution in [3.63, 3.8) is 0 Å². The van der Waals surface area contributed by atoms with Crippen LogP contribution in [0.25, 0.3) is 10.8 Å². The summed E-state index contributed by atoms with van der Waals surface area (Å²) in [4.78, 5) is 18.3. The van der Waals surface area contributed by atoms with Gasteiger partial charge in [-0.2, -0.15) is 0 Å². The number of hydrogen-bond donors (Lipinski definition) is 1. The molecule has 0 aliphatic rings. The van der Waals surface area contributed by atoms with Crippen molar-refractivity contribution in [1.29, 1.82) is 0 Å². The van der Waals surface area contributed by atoms with Gasteiger partial charge < -0.3 is 14.7 Å². The zero-order chi connectivity index (χ0) is 15.6. The molecule has 0 aliphatic carbocycles. The van der Waals surface area contributed by atoms with E-state index in [1.54, 1.807) is 6.92 Å². The Kier molecular flexibility index (Phi) is 4.43. The lowest BCUT2D eigenvalue weighted by molar-refractivity contribution is 0.0515. The third-order valence-electron chi connectivity index (χ3n) is 3.15. The number of esters is 1. The number of pyridine rings is 1. The summed E-state index contributed by atoms with van der Waals surface area (Å²) >= 11 is 0. The van der Waals surface area contributed by atoms with Crippen LogP contribution in [-0.2, 0) is 11.3 Å². The maximum Gasteiger partial charge on any atom is 0.360 e. The first-order valence-corrected chi connectivity index (χ1v) is 6.88. The third-order valence-corrected chi connectivity index (χ3v) is 3.15. The molecule has 0 atom stereocenters. The zero-order valence-corrected chi connectivity index (χ0v) is 12.8. The molecule has 112 valence electrons. The van der Waals surface area contributed by atoms with Gasteiger partial charge >= 0.3 is 5.97 Å². The molecule has 1 N–H and O–H groups in total. The fraction of sp³-hybridized carbons (Fsp3) is 0.375. The molecule has 1 aromatic carbocycles. The molecule has 0 unspecified atom stereocenters. The van der Waals surface area contributed by atoms with E-state index in [-0.39, 0.29) is 18.1 Å². The predicted molar refractivity (Wildman–Crippen MR) is 81.5 cm³/mol. The fourth-order valence-corrected chi connectivity index (χ4v) is 2.24. The van der Waals surface area contributed by atoms with Crippen LogP contribution in [0.3, 0.4) is 0 Å². The third kappa shape index (κ3) is 3.13. The lowest BCUT2D eigenvalue weighted by Gasteiger charge is -2.15. The van der Waals surface area contributed by atoms with Crippen molar-refractivity contribution in [2.75, 3.05) is 20.7 Å². The zero-order valence-electron chi connectivity index (χ0n) is 12.8. The van der Waals surface area contributed by atoms with Crippen LogP contribution in [0.4, 0.5) is 0 Å². The van der Waals surface area contributed by atoms with E-state index >= 15 is 0 Å². The van der Waals surface area contributed by atoms with Gasteiger partial charge in [-0.15, -0.1) is 0 Å². The van der Waals surface area contributed by atoms with E-state index in [4.69, 9.17) is 4.74 Å². The second-order valence-corrected chi connectivity index (χ2v) is 5.26. The number of ether oxygens (including phenoxy) is 1. The monoisotopic (exact) mass is 288 g/mol. The Hall–Kier alpha value is -2.14. The van der Waals surface area contributed by atoms with Gasteiger partial charge in [0.1, 0.15) is 0 Å². The number of aryl methyl sites for hydroxylation is 1. The Morgan fingerprint density at radius 2 is 2.05 bits per heavy atom. The maximum atomic E-state index is 12.0. The van der Waals surface area contributed by atoms with Crippen molar-refractivity contribution < 1.29 is 14.6 Å². The van der Waals surface area contributed by atoms with Crippen LogP contribution in [-0.4, -0.2) is 41.7 Å². The summed E-state index contributed by atoms with van der Waals surface area (Å²) < 4.78 is 4.97. The first kappa shape index (κ1) is 15.3. The number of benzene rings is 1. The summed E-state index contributed by atoms with van der Waals surface area (Å²) in [6.45, 7) is 4.52. The van der Waals surface area contributed by atoms with Crippen LogP contribution in [0.2, 0.25) is 0 Å². The molecule has 2 rings (SSSR count). The number of carbonyl (C=O) groups is 1. The molecule has 0 amide bonds. The number of hydrogen-bond acceptors (Lipinski definition) is 5. The maximum absolute atomic E-state index is 12.0.